The second kappa shape index (κ2) is 6.64. The highest BCUT2D eigenvalue weighted by atomic mass is 16.5. The molecule has 0 radical (unpaired) electrons. The number of para-hydroxylation sites is 1. The second-order valence-electron chi connectivity index (χ2n) is 5.75. The average molecular weight is 299 g/mol. The van der Waals surface area contributed by atoms with Gasteiger partial charge in [0, 0.05) is 19.3 Å². The second-order valence-corrected chi connectivity index (χ2v) is 5.75. The molecule has 1 N–H and O–H groups in total. The number of rotatable bonds is 5. The molecule has 2 heterocycles. The van der Waals surface area contributed by atoms with E-state index in [0.29, 0.717) is 13.2 Å². The summed E-state index contributed by atoms with van der Waals surface area (Å²) in [5, 5.41) is 7.23. The van der Waals surface area contributed by atoms with Crippen LogP contribution in [0.2, 0.25) is 0 Å². The lowest BCUT2D eigenvalue weighted by molar-refractivity contribution is -0.126. The van der Waals surface area contributed by atoms with Gasteiger partial charge in [0.25, 0.3) is 0 Å². The molecule has 0 saturated heterocycles. The van der Waals surface area contributed by atoms with Crippen LogP contribution in [-0.2, 0) is 17.8 Å². The minimum absolute atomic E-state index is 0.0751. The van der Waals surface area contributed by atoms with Crippen LogP contribution in [0.4, 0.5) is 0 Å². The minimum Gasteiger partial charge on any atom is -0.492 e. The molecule has 1 amide bonds. The Labute approximate surface area is 130 Å². The van der Waals surface area contributed by atoms with Crippen LogP contribution in [0.25, 0.3) is 0 Å². The van der Waals surface area contributed by atoms with Crippen molar-refractivity contribution >= 4 is 5.91 Å². The number of amides is 1. The zero-order valence-electron chi connectivity index (χ0n) is 12.8. The molecule has 0 bridgehead atoms. The lowest BCUT2D eigenvalue weighted by Crippen LogP contribution is -2.38. The number of carbonyl (C=O) groups is 1. The molecule has 5 nitrogen and oxygen atoms in total. The van der Waals surface area contributed by atoms with E-state index in [9.17, 15) is 4.79 Å². The summed E-state index contributed by atoms with van der Waals surface area (Å²) >= 11 is 0. The third-order valence-corrected chi connectivity index (χ3v) is 3.88. The Hall–Kier alpha value is -2.30. The monoisotopic (exact) mass is 299 g/mol. The van der Waals surface area contributed by atoms with Crippen LogP contribution in [0.1, 0.15) is 17.5 Å². The molecule has 116 valence electrons. The summed E-state index contributed by atoms with van der Waals surface area (Å²) in [5.41, 5.74) is 2.27. The van der Waals surface area contributed by atoms with Gasteiger partial charge in [-0.1, -0.05) is 18.2 Å². The number of benzene rings is 1. The van der Waals surface area contributed by atoms with Gasteiger partial charge in [0.2, 0.25) is 5.91 Å². The summed E-state index contributed by atoms with van der Waals surface area (Å²) in [4.78, 5) is 12.2. The van der Waals surface area contributed by atoms with Gasteiger partial charge in [-0.3, -0.25) is 9.48 Å². The number of ether oxygens (including phenoxy) is 1. The summed E-state index contributed by atoms with van der Waals surface area (Å²) < 4.78 is 7.56. The smallest absolute Gasteiger partial charge is 0.226 e. The van der Waals surface area contributed by atoms with E-state index < -0.39 is 0 Å². The molecular weight excluding hydrogens is 278 g/mol. The fourth-order valence-corrected chi connectivity index (χ4v) is 2.68. The predicted molar refractivity (Wildman–Crippen MR) is 83.7 cm³/mol. The average Bonchev–Trinajstić information content (AvgIpc) is 2.96. The number of hydrogen-bond acceptors (Lipinski definition) is 3. The quantitative estimate of drug-likeness (QED) is 0.859. The fraction of sp³-hybridized carbons (Fsp3) is 0.412. The van der Waals surface area contributed by atoms with Crippen LogP contribution in [0.15, 0.2) is 36.7 Å². The molecule has 1 aromatic carbocycles. The van der Waals surface area contributed by atoms with Crippen molar-refractivity contribution in [3.8, 4) is 5.75 Å². The molecule has 0 saturated carbocycles. The van der Waals surface area contributed by atoms with Crippen LogP contribution in [0.5, 0.6) is 5.75 Å². The third kappa shape index (κ3) is 3.47. The van der Waals surface area contributed by atoms with E-state index in [1.165, 1.54) is 0 Å². The molecule has 2 aromatic rings. The van der Waals surface area contributed by atoms with Crippen molar-refractivity contribution in [2.24, 2.45) is 5.92 Å². The Balaban J connectivity index is 1.43. The van der Waals surface area contributed by atoms with E-state index in [2.05, 4.69) is 10.4 Å². The molecule has 1 aliphatic heterocycles. The Morgan fingerprint density at radius 3 is 3.14 bits per heavy atom. The maximum Gasteiger partial charge on any atom is 0.226 e. The van der Waals surface area contributed by atoms with Gasteiger partial charge < -0.3 is 10.1 Å². The van der Waals surface area contributed by atoms with E-state index in [4.69, 9.17) is 4.74 Å². The zero-order valence-corrected chi connectivity index (χ0v) is 12.8. The molecule has 1 aliphatic rings. The molecule has 5 heteroatoms. The number of aryl methyl sites for hydroxylation is 2. The number of carbonyl (C=O) groups excluding carboxylic acids is 1. The van der Waals surface area contributed by atoms with Crippen molar-refractivity contribution < 1.29 is 9.53 Å². The van der Waals surface area contributed by atoms with Crippen molar-refractivity contribution in [2.45, 2.75) is 26.3 Å². The summed E-state index contributed by atoms with van der Waals surface area (Å²) in [5.74, 6) is 0.883. The largest absolute Gasteiger partial charge is 0.492 e. The van der Waals surface area contributed by atoms with Crippen LogP contribution < -0.4 is 10.1 Å². The van der Waals surface area contributed by atoms with E-state index in [1.54, 1.807) is 0 Å². The van der Waals surface area contributed by atoms with Crippen molar-refractivity contribution in [3.63, 3.8) is 0 Å². The van der Waals surface area contributed by atoms with Crippen LogP contribution in [0.3, 0.4) is 0 Å². The highest BCUT2D eigenvalue weighted by Gasteiger charge is 2.25. The standard InChI is InChI=1S/C17H21N3O2/c1-13-10-19-20(11-13)8-4-7-18-17(21)15-9-14-5-2-3-6-16(14)22-12-15/h2-3,5-6,10-11,15H,4,7-9,12H2,1H3,(H,18,21). The molecule has 0 fully saturated rings. The van der Waals surface area contributed by atoms with Gasteiger partial charge >= 0.3 is 0 Å². The first kappa shape index (κ1) is 14.6. The maximum absolute atomic E-state index is 12.2. The SMILES string of the molecule is Cc1cnn(CCCNC(=O)C2COc3ccccc3C2)c1. The van der Waals surface area contributed by atoms with Gasteiger partial charge in [0.1, 0.15) is 12.4 Å². The fourth-order valence-electron chi connectivity index (χ4n) is 2.68. The molecule has 1 aromatic heterocycles. The Kier molecular flexibility index (Phi) is 4.42. The summed E-state index contributed by atoms with van der Waals surface area (Å²) in [6, 6.07) is 7.91. The molecule has 0 aliphatic carbocycles. The summed E-state index contributed by atoms with van der Waals surface area (Å²) in [7, 11) is 0. The Morgan fingerprint density at radius 2 is 2.32 bits per heavy atom. The summed E-state index contributed by atoms with van der Waals surface area (Å²) in [6.45, 7) is 3.96. The Morgan fingerprint density at radius 1 is 1.45 bits per heavy atom. The lowest BCUT2D eigenvalue weighted by atomic mass is 9.96. The van der Waals surface area contributed by atoms with E-state index >= 15 is 0 Å². The van der Waals surface area contributed by atoms with Crippen LogP contribution in [0, 0.1) is 12.8 Å². The number of hydrogen-bond donors (Lipinski definition) is 1. The molecule has 1 unspecified atom stereocenters. The van der Waals surface area contributed by atoms with Gasteiger partial charge in [0.15, 0.2) is 0 Å². The lowest BCUT2D eigenvalue weighted by Gasteiger charge is -2.24. The molecule has 22 heavy (non-hydrogen) atoms. The highest BCUT2D eigenvalue weighted by Crippen LogP contribution is 2.26. The van der Waals surface area contributed by atoms with Gasteiger partial charge in [-0.15, -0.1) is 0 Å². The van der Waals surface area contributed by atoms with Crippen LogP contribution in [-0.4, -0.2) is 28.8 Å². The third-order valence-electron chi connectivity index (χ3n) is 3.88. The number of nitrogens with zero attached hydrogens (tertiary/aromatic N) is 2. The first-order valence-corrected chi connectivity index (χ1v) is 7.70. The molecular formula is C17H21N3O2. The Bertz CT molecular complexity index is 651. The van der Waals surface area contributed by atoms with Crippen molar-refractivity contribution in [1.29, 1.82) is 0 Å². The predicted octanol–water partition coefficient (Wildman–Crippen LogP) is 1.95. The normalized spacial score (nSPS) is 16.7. The van der Waals surface area contributed by atoms with Gasteiger partial charge in [-0.25, -0.2) is 0 Å². The minimum atomic E-state index is -0.0955. The molecule has 1 atom stereocenters. The van der Waals surface area contributed by atoms with E-state index in [-0.39, 0.29) is 11.8 Å². The van der Waals surface area contributed by atoms with Crippen LogP contribution >= 0.6 is 0 Å². The topological polar surface area (TPSA) is 56.2 Å². The first-order chi connectivity index (χ1) is 10.7. The van der Waals surface area contributed by atoms with Crippen molar-refractivity contribution in [2.75, 3.05) is 13.2 Å². The van der Waals surface area contributed by atoms with Gasteiger partial charge in [-0.05, 0) is 37.0 Å². The highest BCUT2D eigenvalue weighted by molar-refractivity contribution is 5.79. The van der Waals surface area contributed by atoms with Crippen molar-refractivity contribution in [1.82, 2.24) is 15.1 Å². The maximum atomic E-state index is 12.2. The number of fused-ring (bicyclic) bond motifs is 1. The zero-order chi connectivity index (χ0) is 15.4. The van der Waals surface area contributed by atoms with Gasteiger partial charge in [-0.2, -0.15) is 5.10 Å². The number of nitrogens with one attached hydrogen (secondary N) is 1. The van der Waals surface area contributed by atoms with E-state index in [0.717, 1.165) is 36.3 Å². The van der Waals surface area contributed by atoms with Crippen molar-refractivity contribution in [3.05, 3.63) is 47.8 Å². The molecule has 3 rings (SSSR count). The van der Waals surface area contributed by atoms with Gasteiger partial charge in [0.05, 0.1) is 12.1 Å². The first-order valence-electron chi connectivity index (χ1n) is 7.70. The summed E-state index contributed by atoms with van der Waals surface area (Å²) in [6.07, 6.45) is 5.47. The number of aromatic nitrogens is 2. The van der Waals surface area contributed by atoms with E-state index in [1.807, 2.05) is 48.3 Å². The molecule has 0 spiro atoms.